The maximum Gasteiger partial charge on any atom is 0.414 e. The fourth-order valence-electron chi connectivity index (χ4n) is 1.49. The number of pyridine rings is 1. The molecule has 0 atom stereocenters. The van der Waals surface area contributed by atoms with Crippen LogP contribution in [0.5, 0.6) is 0 Å². The molecule has 1 heterocycles. The van der Waals surface area contributed by atoms with E-state index in [1.807, 2.05) is 6.07 Å². The van der Waals surface area contributed by atoms with Crippen molar-refractivity contribution in [1.29, 1.82) is 5.41 Å². The molecule has 0 spiro atoms. The Balaban J connectivity index is 2.86. The Kier molecular flexibility index (Phi) is 5.46. The van der Waals surface area contributed by atoms with E-state index < -0.39 is 11.7 Å². The number of carbonyl (C=O) groups excluding carboxylic acids is 1. The maximum absolute atomic E-state index is 12.0. The normalized spacial score (nSPS) is 11.8. The van der Waals surface area contributed by atoms with E-state index in [9.17, 15) is 4.79 Å². The van der Waals surface area contributed by atoms with Crippen LogP contribution >= 0.6 is 0 Å². The lowest BCUT2D eigenvalue weighted by Gasteiger charge is -2.26. The van der Waals surface area contributed by atoms with Crippen LogP contribution in [0.15, 0.2) is 36.4 Å². The Morgan fingerprint density at radius 3 is 2.62 bits per heavy atom. The highest BCUT2D eigenvalue weighted by Gasteiger charge is 2.22. The number of amides is 1. The minimum Gasteiger partial charge on any atom is -0.443 e. The molecule has 0 unspecified atom stereocenters. The summed E-state index contributed by atoms with van der Waals surface area (Å²) in [7, 11) is 1.57. The summed E-state index contributed by atoms with van der Waals surface area (Å²) >= 11 is 0. The summed E-state index contributed by atoms with van der Waals surface area (Å²) in [5.41, 5.74) is 0.866. The number of nitrogens with zero attached hydrogens (tertiary/aromatic N) is 2. The van der Waals surface area contributed by atoms with Gasteiger partial charge in [0, 0.05) is 19.4 Å². The molecule has 0 saturated heterocycles. The highest BCUT2D eigenvalue weighted by molar-refractivity contribution is 5.98. The second kappa shape index (κ2) is 6.88. The zero-order valence-electron chi connectivity index (χ0n) is 13.1. The van der Waals surface area contributed by atoms with Gasteiger partial charge >= 0.3 is 6.09 Å². The molecule has 0 radical (unpaired) electrons. The van der Waals surface area contributed by atoms with E-state index in [-0.39, 0.29) is 5.71 Å². The highest BCUT2D eigenvalue weighted by atomic mass is 16.6. The molecule has 114 valence electrons. The summed E-state index contributed by atoms with van der Waals surface area (Å²) in [5.74, 6) is 0. The first-order valence-electron chi connectivity index (χ1n) is 6.59. The summed E-state index contributed by atoms with van der Waals surface area (Å²) in [6, 6.07) is 3.64. The molecule has 1 rings (SSSR count). The van der Waals surface area contributed by atoms with Gasteiger partial charge in [0.2, 0.25) is 0 Å². The average Bonchev–Trinajstić information content (AvgIpc) is 2.37. The molecule has 0 aliphatic rings. The van der Waals surface area contributed by atoms with Crippen molar-refractivity contribution in [3.63, 3.8) is 0 Å². The lowest BCUT2D eigenvalue weighted by Crippen LogP contribution is -2.35. The molecule has 21 heavy (non-hydrogen) atoms. The van der Waals surface area contributed by atoms with Crippen LogP contribution < -0.4 is 5.32 Å². The van der Waals surface area contributed by atoms with E-state index in [2.05, 4.69) is 10.3 Å². The van der Waals surface area contributed by atoms with Gasteiger partial charge in [0.05, 0.1) is 23.3 Å². The third-order valence-electron chi connectivity index (χ3n) is 2.45. The predicted molar refractivity (Wildman–Crippen MR) is 83.3 cm³/mol. The van der Waals surface area contributed by atoms with Crippen LogP contribution in [-0.2, 0) is 4.74 Å². The second-order valence-electron chi connectivity index (χ2n) is 5.58. The van der Waals surface area contributed by atoms with Gasteiger partial charge in [-0.05, 0) is 39.8 Å². The van der Waals surface area contributed by atoms with Gasteiger partial charge in [-0.1, -0.05) is 0 Å². The van der Waals surface area contributed by atoms with Crippen LogP contribution in [0.2, 0.25) is 0 Å². The fraction of sp³-hybridized carbons (Fsp3) is 0.400. The van der Waals surface area contributed by atoms with Gasteiger partial charge in [0.1, 0.15) is 5.60 Å². The van der Waals surface area contributed by atoms with Crippen molar-refractivity contribution >= 4 is 17.5 Å². The van der Waals surface area contributed by atoms with Crippen LogP contribution in [0.25, 0.3) is 0 Å². The summed E-state index contributed by atoms with van der Waals surface area (Å²) in [5, 5.41) is 10.8. The van der Waals surface area contributed by atoms with Gasteiger partial charge < -0.3 is 15.5 Å². The highest BCUT2D eigenvalue weighted by Crippen LogP contribution is 2.13. The molecule has 6 nitrogen and oxygen atoms in total. The summed E-state index contributed by atoms with van der Waals surface area (Å²) in [6.07, 6.45) is 4.41. The standard InChI is InChI=1S/C15H22N4O2/c1-11(16)13(10-18-12-7-6-8-17-9-12)19(5)14(20)21-15(2,3)4/h6-10,16,18H,1-5H3/b13-10+,16-11?. The average molecular weight is 290 g/mol. The summed E-state index contributed by atoms with van der Waals surface area (Å²) in [6.45, 7) is 7.01. The molecule has 6 heteroatoms. The van der Waals surface area contributed by atoms with E-state index >= 15 is 0 Å². The van der Waals surface area contributed by atoms with Crippen molar-refractivity contribution in [3.8, 4) is 0 Å². The molecule has 0 saturated carbocycles. The van der Waals surface area contributed by atoms with Crippen molar-refractivity contribution < 1.29 is 9.53 Å². The van der Waals surface area contributed by atoms with Gasteiger partial charge in [-0.25, -0.2) is 4.79 Å². The molecule has 0 aliphatic heterocycles. The number of hydrogen-bond acceptors (Lipinski definition) is 5. The van der Waals surface area contributed by atoms with Crippen molar-refractivity contribution in [2.75, 3.05) is 12.4 Å². The number of allylic oxidation sites excluding steroid dienone is 1. The van der Waals surface area contributed by atoms with Crippen molar-refractivity contribution in [2.45, 2.75) is 33.3 Å². The number of aromatic nitrogens is 1. The molecule has 0 aliphatic carbocycles. The Morgan fingerprint density at radius 1 is 1.48 bits per heavy atom. The van der Waals surface area contributed by atoms with Gasteiger partial charge in [0.25, 0.3) is 0 Å². The zero-order chi connectivity index (χ0) is 16.0. The molecular formula is C15H22N4O2. The van der Waals surface area contributed by atoms with Crippen LogP contribution in [0.3, 0.4) is 0 Å². The Bertz CT molecular complexity index is 532. The van der Waals surface area contributed by atoms with Gasteiger partial charge in [-0.3, -0.25) is 9.88 Å². The minimum atomic E-state index is -0.580. The van der Waals surface area contributed by atoms with E-state index in [1.165, 1.54) is 4.90 Å². The predicted octanol–water partition coefficient (Wildman–Crippen LogP) is 3.24. The molecule has 2 N–H and O–H groups in total. The first-order valence-corrected chi connectivity index (χ1v) is 6.59. The lowest BCUT2D eigenvalue weighted by atomic mass is 10.2. The number of hydrogen-bond donors (Lipinski definition) is 2. The fourth-order valence-corrected chi connectivity index (χ4v) is 1.49. The van der Waals surface area contributed by atoms with E-state index in [0.717, 1.165) is 5.69 Å². The van der Waals surface area contributed by atoms with E-state index in [0.29, 0.717) is 5.70 Å². The first kappa shape index (κ1) is 16.7. The lowest BCUT2D eigenvalue weighted by molar-refractivity contribution is 0.0362. The Labute approximate surface area is 125 Å². The maximum atomic E-state index is 12.0. The van der Waals surface area contributed by atoms with Crippen LogP contribution in [-0.4, -0.2) is 34.3 Å². The SMILES string of the molecule is CC(=N)/C(=C\Nc1cccnc1)N(C)C(=O)OC(C)(C)C. The number of ether oxygens (including phenoxy) is 1. The van der Waals surface area contributed by atoms with E-state index in [4.69, 9.17) is 10.1 Å². The summed E-state index contributed by atoms with van der Waals surface area (Å²) in [4.78, 5) is 17.3. The quantitative estimate of drug-likeness (QED) is 0.834. The zero-order valence-corrected chi connectivity index (χ0v) is 13.1. The van der Waals surface area contributed by atoms with Gasteiger partial charge in [-0.2, -0.15) is 0 Å². The number of carbonyl (C=O) groups is 1. The van der Waals surface area contributed by atoms with Crippen molar-refractivity contribution in [1.82, 2.24) is 9.88 Å². The van der Waals surface area contributed by atoms with Gasteiger partial charge in [0.15, 0.2) is 0 Å². The topological polar surface area (TPSA) is 78.3 Å². The smallest absolute Gasteiger partial charge is 0.414 e. The number of rotatable bonds is 4. The van der Waals surface area contributed by atoms with Crippen LogP contribution in [0, 0.1) is 5.41 Å². The van der Waals surface area contributed by atoms with Gasteiger partial charge in [-0.15, -0.1) is 0 Å². The number of anilines is 1. The summed E-state index contributed by atoms with van der Waals surface area (Å²) < 4.78 is 5.29. The van der Waals surface area contributed by atoms with Crippen LogP contribution in [0.1, 0.15) is 27.7 Å². The monoisotopic (exact) mass is 290 g/mol. The van der Waals surface area contributed by atoms with Crippen molar-refractivity contribution in [3.05, 3.63) is 36.4 Å². The molecule has 0 bridgehead atoms. The first-order chi connectivity index (χ1) is 9.70. The molecule has 1 amide bonds. The Hall–Kier alpha value is -2.37. The third kappa shape index (κ3) is 5.64. The third-order valence-corrected chi connectivity index (χ3v) is 2.45. The minimum absolute atomic E-state index is 0.250. The largest absolute Gasteiger partial charge is 0.443 e. The van der Waals surface area contributed by atoms with Crippen LogP contribution in [0.4, 0.5) is 10.5 Å². The molecular weight excluding hydrogens is 268 g/mol. The second-order valence-corrected chi connectivity index (χ2v) is 5.58. The number of nitrogens with one attached hydrogen (secondary N) is 2. The molecule has 0 aromatic carbocycles. The molecule has 0 fully saturated rings. The molecule has 1 aromatic heterocycles. The molecule has 1 aromatic rings. The van der Waals surface area contributed by atoms with Crippen molar-refractivity contribution in [2.24, 2.45) is 0 Å². The van der Waals surface area contributed by atoms with E-state index in [1.54, 1.807) is 59.4 Å². The Morgan fingerprint density at radius 2 is 2.14 bits per heavy atom.